The number of fused-ring (bicyclic) bond motifs is 1. The normalized spacial score (nSPS) is 10.8. The van der Waals surface area contributed by atoms with Crippen LogP contribution in [0.25, 0.3) is 10.9 Å². The lowest BCUT2D eigenvalue weighted by Crippen LogP contribution is -2.23. The van der Waals surface area contributed by atoms with E-state index in [0.29, 0.717) is 39.6 Å². The van der Waals surface area contributed by atoms with Crippen LogP contribution in [0.5, 0.6) is 5.75 Å². The first-order chi connectivity index (χ1) is 15.0. The number of ketones is 1. The fourth-order valence-electron chi connectivity index (χ4n) is 3.59. The molecule has 0 unspecified atom stereocenters. The Morgan fingerprint density at radius 3 is 2.45 bits per heavy atom. The Morgan fingerprint density at radius 2 is 1.77 bits per heavy atom. The number of ether oxygens (including phenoxy) is 1. The van der Waals surface area contributed by atoms with Crippen molar-refractivity contribution in [2.75, 3.05) is 12.4 Å². The van der Waals surface area contributed by atoms with E-state index in [1.807, 2.05) is 47.9 Å². The molecule has 0 saturated heterocycles. The maximum atomic E-state index is 13.2. The Morgan fingerprint density at radius 1 is 1.06 bits per heavy atom. The number of benzene rings is 2. The Bertz CT molecular complexity index is 1260. The van der Waals surface area contributed by atoms with Crippen molar-refractivity contribution >= 4 is 39.9 Å². The number of rotatable bonds is 6. The van der Waals surface area contributed by atoms with Gasteiger partial charge in [0.15, 0.2) is 0 Å². The summed E-state index contributed by atoms with van der Waals surface area (Å²) in [6.45, 7) is 2.38. The van der Waals surface area contributed by atoms with Gasteiger partial charge in [0, 0.05) is 46.2 Å². The van der Waals surface area contributed by atoms with E-state index in [0.717, 1.165) is 11.1 Å². The number of halogens is 1. The number of anilines is 1. The fourth-order valence-corrected chi connectivity index (χ4v) is 3.71. The lowest BCUT2D eigenvalue weighted by atomic mass is 10.1. The van der Waals surface area contributed by atoms with Crippen LogP contribution in [0.2, 0.25) is 5.02 Å². The fraction of sp³-hybridized carbons (Fsp3) is 0.125. The van der Waals surface area contributed by atoms with Gasteiger partial charge < -0.3 is 14.6 Å². The summed E-state index contributed by atoms with van der Waals surface area (Å²) in [5.41, 5.74) is 3.43. The third-order valence-corrected chi connectivity index (χ3v) is 5.41. The van der Waals surface area contributed by atoms with E-state index in [9.17, 15) is 9.59 Å². The third-order valence-electron chi connectivity index (χ3n) is 5.16. The van der Waals surface area contributed by atoms with Gasteiger partial charge >= 0.3 is 0 Å². The van der Waals surface area contributed by atoms with Crippen LogP contribution in [0.3, 0.4) is 0 Å². The minimum atomic E-state index is -0.706. The Labute approximate surface area is 184 Å². The molecule has 1 N–H and O–H groups in total. The summed E-state index contributed by atoms with van der Waals surface area (Å²) in [7, 11) is 1.57. The van der Waals surface area contributed by atoms with Gasteiger partial charge in [-0.15, -0.1) is 0 Å². The molecule has 0 aliphatic rings. The first-order valence-corrected chi connectivity index (χ1v) is 10.0. The predicted octanol–water partition coefficient (Wildman–Crippen LogP) is 4.88. The van der Waals surface area contributed by atoms with Gasteiger partial charge in [0.25, 0.3) is 11.7 Å². The van der Waals surface area contributed by atoms with E-state index < -0.39 is 11.7 Å². The monoisotopic (exact) mass is 433 g/mol. The lowest BCUT2D eigenvalue weighted by Gasteiger charge is -2.09. The van der Waals surface area contributed by atoms with Crippen molar-refractivity contribution < 1.29 is 14.3 Å². The number of pyridine rings is 1. The molecule has 1 amide bonds. The minimum absolute atomic E-state index is 0.356. The first kappa shape index (κ1) is 20.6. The molecule has 2 aromatic heterocycles. The van der Waals surface area contributed by atoms with Gasteiger partial charge in [-0.3, -0.25) is 14.6 Å². The minimum Gasteiger partial charge on any atom is -0.497 e. The van der Waals surface area contributed by atoms with E-state index in [4.69, 9.17) is 16.3 Å². The highest BCUT2D eigenvalue weighted by atomic mass is 35.5. The van der Waals surface area contributed by atoms with Crippen LogP contribution in [-0.2, 0) is 11.3 Å². The summed E-state index contributed by atoms with van der Waals surface area (Å²) in [4.78, 5) is 29.8. The molecule has 156 valence electrons. The largest absolute Gasteiger partial charge is 0.497 e. The van der Waals surface area contributed by atoms with Gasteiger partial charge in [-0.25, -0.2) is 0 Å². The molecule has 0 spiro atoms. The summed E-state index contributed by atoms with van der Waals surface area (Å²) in [6.07, 6.45) is 3.10. The van der Waals surface area contributed by atoms with Gasteiger partial charge in [0.2, 0.25) is 0 Å². The Balaban J connectivity index is 1.78. The number of carbonyl (C=O) groups excluding carboxylic acids is 2. The zero-order valence-corrected chi connectivity index (χ0v) is 17.8. The van der Waals surface area contributed by atoms with Gasteiger partial charge in [0.1, 0.15) is 5.75 Å². The molecule has 4 aromatic rings. The SMILES string of the molecule is COc1ccc2c(c1)c(C(=O)C(=O)Nc1ccncc1)c(C)n2Cc1ccc(Cl)cc1. The molecule has 2 heterocycles. The van der Waals surface area contributed by atoms with Crippen molar-refractivity contribution in [3.8, 4) is 5.75 Å². The topological polar surface area (TPSA) is 73.2 Å². The van der Waals surface area contributed by atoms with E-state index >= 15 is 0 Å². The van der Waals surface area contributed by atoms with Crippen molar-refractivity contribution in [3.05, 3.63) is 88.8 Å². The van der Waals surface area contributed by atoms with Crippen LogP contribution < -0.4 is 10.1 Å². The summed E-state index contributed by atoms with van der Waals surface area (Å²) >= 11 is 6.01. The average molecular weight is 434 g/mol. The van der Waals surface area contributed by atoms with Crippen molar-refractivity contribution in [1.82, 2.24) is 9.55 Å². The second-order valence-electron chi connectivity index (χ2n) is 7.08. The van der Waals surface area contributed by atoms with Crippen LogP contribution in [-0.4, -0.2) is 28.4 Å². The predicted molar refractivity (Wildman–Crippen MR) is 121 cm³/mol. The zero-order valence-electron chi connectivity index (χ0n) is 17.1. The van der Waals surface area contributed by atoms with Crippen molar-refractivity contribution in [2.45, 2.75) is 13.5 Å². The molecular formula is C24H20ClN3O3. The second kappa shape index (κ2) is 8.62. The molecule has 0 radical (unpaired) electrons. The highest BCUT2D eigenvalue weighted by molar-refractivity contribution is 6.48. The molecule has 0 aliphatic heterocycles. The maximum absolute atomic E-state index is 13.2. The zero-order chi connectivity index (χ0) is 22.0. The number of methoxy groups -OCH3 is 1. The van der Waals surface area contributed by atoms with Crippen molar-refractivity contribution in [3.63, 3.8) is 0 Å². The molecule has 6 nitrogen and oxygen atoms in total. The number of hydrogen-bond donors (Lipinski definition) is 1. The summed E-state index contributed by atoms with van der Waals surface area (Å²) in [5.74, 6) is -0.704. The number of nitrogens with zero attached hydrogens (tertiary/aromatic N) is 2. The summed E-state index contributed by atoms with van der Waals surface area (Å²) < 4.78 is 7.37. The van der Waals surface area contributed by atoms with Gasteiger partial charge in [-0.2, -0.15) is 0 Å². The number of aromatic nitrogens is 2. The highest BCUT2D eigenvalue weighted by Crippen LogP contribution is 2.31. The van der Waals surface area contributed by atoms with Crippen LogP contribution >= 0.6 is 11.6 Å². The van der Waals surface area contributed by atoms with Crippen LogP contribution in [0.4, 0.5) is 5.69 Å². The summed E-state index contributed by atoms with van der Waals surface area (Å²) in [5, 5.41) is 3.97. The molecule has 4 rings (SSSR count). The molecule has 7 heteroatoms. The highest BCUT2D eigenvalue weighted by Gasteiger charge is 2.25. The standard InChI is InChI=1S/C24H20ClN3O3/c1-15-22(23(29)24(30)27-18-9-11-26-12-10-18)20-13-19(31-2)7-8-21(20)28(15)14-16-3-5-17(25)6-4-16/h3-13H,14H2,1-2H3,(H,26,27,30). The summed E-state index contributed by atoms with van der Waals surface area (Å²) in [6, 6.07) is 16.3. The number of amides is 1. The molecule has 0 fully saturated rings. The van der Waals surface area contributed by atoms with E-state index in [1.165, 1.54) is 0 Å². The molecule has 0 saturated carbocycles. The smallest absolute Gasteiger partial charge is 0.296 e. The Hall–Kier alpha value is -3.64. The lowest BCUT2D eigenvalue weighted by molar-refractivity contribution is -0.112. The van der Waals surface area contributed by atoms with E-state index in [1.54, 1.807) is 37.7 Å². The average Bonchev–Trinajstić information content (AvgIpc) is 3.05. The number of hydrogen-bond acceptors (Lipinski definition) is 4. The van der Waals surface area contributed by atoms with Crippen LogP contribution in [0, 0.1) is 6.92 Å². The molecular weight excluding hydrogens is 414 g/mol. The van der Waals surface area contributed by atoms with Crippen LogP contribution in [0.15, 0.2) is 67.0 Å². The number of carbonyl (C=O) groups is 2. The molecule has 0 bridgehead atoms. The molecule has 2 aromatic carbocycles. The third kappa shape index (κ3) is 4.15. The van der Waals surface area contributed by atoms with Crippen molar-refractivity contribution in [2.24, 2.45) is 0 Å². The van der Waals surface area contributed by atoms with E-state index in [2.05, 4.69) is 10.3 Å². The van der Waals surface area contributed by atoms with Crippen LogP contribution in [0.1, 0.15) is 21.6 Å². The van der Waals surface area contributed by atoms with Gasteiger partial charge in [0.05, 0.1) is 12.7 Å². The second-order valence-corrected chi connectivity index (χ2v) is 7.51. The Kier molecular flexibility index (Phi) is 5.73. The molecule has 0 atom stereocenters. The maximum Gasteiger partial charge on any atom is 0.296 e. The molecule has 31 heavy (non-hydrogen) atoms. The quantitative estimate of drug-likeness (QED) is 0.347. The number of nitrogens with one attached hydrogen (secondary N) is 1. The first-order valence-electron chi connectivity index (χ1n) is 9.65. The van der Waals surface area contributed by atoms with Gasteiger partial charge in [-0.05, 0) is 55.0 Å². The van der Waals surface area contributed by atoms with E-state index in [-0.39, 0.29) is 0 Å². The molecule has 0 aliphatic carbocycles. The van der Waals surface area contributed by atoms with Gasteiger partial charge in [-0.1, -0.05) is 23.7 Å². The number of Topliss-reactive ketones (excluding diaryl/α,β-unsaturated/α-hetero) is 1. The van der Waals surface area contributed by atoms with Crippen molar-refractivity contribution in [1.29, 1.82) is 0 Å².